The first-order chi connectivity index (χ1) is 9.63. The molecule has 1 N–H and O–H groups in total. The van der Waals surface area contributed by atoms with Gasteiger partial charge in [-0.25, -0.2) is 4.79 Å². The van der Waals surface area contributed by atoms with Gasteiger partial charge in [0.25, 0.3) is 0 Å². The van der Waals surface area contributed by atoms with Crippen LogP contribution in [0.15, 0.2) is 24.3 Å². The molecule has 0 heterocycles. The first-order valence-electron chi connectivity index (χ1n) is 7.12. The van der Waals surface area contributed by atoms with E-state index in [9.17, 15) is 9.59 Å². The Morgan fingerprint density at radius 2 is 1.90 bits per heavy atom. The highest BCUT2D eigenvalue weighted by Crippen LogP contribution is 2.42. The molecule has 0 unspecified atom stereocenters. The average molecular weight is 275 g/mol. The number of ether oxygens (including phenoxy) is 1. The molecule has 1 amide bonds. The van der Waals surface area contributed by atoms with Gasteiger partial charge in [-0.3, -0.25) is 4.79 Å². The van der Waals surface area contributed by atoms with Crippen molar-refractivity contribution in [3.63, 3.8) is 0 Å². The van der Waals surface area contributed by atoms with Gasteiger partial charge in [0, 0.05) is 5.41 Å². The van der Waals surface area contributed by atoms with Crippen molar-refractivity contribution in [2.24, 2.45) is 5.41 Å². The number of esters is 1. The van der Waals surface area contributed by atoms with E-state index in [4.69, 9.17) is 4.74 Å². The third-order valence-electron chi connectivity index (χ3n) is 4.30. The monoisotopic (exact) mass is 275 g/mol. The second kappa shape index (κ2) is 6.07. The van der Waals surface area contributed by atoms with Crippen molar-refractivity contribution >= 4 is 17.6 Å². The van der Waals surface area contributed by atoms with Crippen molar-refractivity contribution in [2.75, 3.05) is 12.4 Å². The van der Waals surface area contributed by atoms with Crippen LogP contribution in [0.4, 0.5) is 5.69 Å². The lowest BCUT2D eigenvalue weighted by Crippen LogP contribution is -2.33. The van der Waals surface area contributed by atoms with E-state index in [1.54, 1.807) is 24.3 Å². The summed E-state index contributed by atoms with van der Waals surface area (Å²) in [4.78, 5) is 24.3. The van der Waals surface area contributed by atoms with Gasteiger partial charge in [0.05, 0.1) is 18.4 Å². The highest BCUT2D eigenvalue weighted by Gasteiger charge is 2.39. The second-order valence-electron chi connectivity index (χ2n) is 5.33. The van der Waals surface area contributed by atoms with E-state index in [1.807, 2.05) is 0 Å². The van der Waals surface area contributed by atoms with E-state index in [-0.39, 0.29) is 11.3 Å². The number of carbonyl (C=O) groups excluding carboxylic acids is 2. The minimum Gasteiger partial charge on any atom is -0.465 e. The number of para-hydroxylation sites is 1. The number of hydrogen-bond donors (Lipinski definition) is 1. The number of hydrogen-bond acceptors (Lipinski definition) is 3. The van der Waals surface area contributed by atoms with Crippen molar-refractivity contribution in [3.05, 3.63) is 29.8 Å². The Bertz CT molecular complexity index is 504. The maximum atomic E-state index is 12.6. The Morgan fingerprint density at radius 3 is 2.50 bits per heavy atom. The molecular formula is C16H21NO3. The molecule has 0 aromatic heterocycles. The van der Waals surface area contributed by atoms with Gasteiger partial charge in [-0.1, -0.05) is 31.9 Å². The zero-order valence-corrected chi connectivity index (χ0v) is 12.1. The predicted octanol–water partition coefficient (Wildman–Crippen LogP) is 3.38. The largest absolute Gasteiger partial charge is 0.465 e. The van der Waals surface area contributed by atoms with Crippen molar-refractivity contribution < 1.29 is 14.3 Å². The summed E-state index contributed by atoms with van der Waals surface area (Å²) in [5.41, 5.74) is 0.653. The molecule has 0 atom stereocenters. The van der Waals surface area contributed by atoms with Crippen LogP contribution in [0.2, 0.25) is 0 Å². The molecule has 1 aromatic carbocycles. The minimum absolute atomic E-state index is 0.0221. The van der Waals surface area contributed by atoms with Gasteiger partial charge >= 0.3 is 5.97 Å². The quantitative estimate of drug-likeness (QED) is 0.857. The average Bonchev–Trinajstić information content (AvgIpc) is 2.97. The molecule has 108 valence electrons. The molecule has 1 saturated carbocycles. The molecule has 0 spiro atoms. The molecule has 0 bridgehead atoms. The lowest BCUT2D eigenvalue weighted by Gasteiger charge is -2.26. The van der Waals surface area contributed by atoms with Gasteiger partial charge in [-0.05, 0) is 31.4 Å². The fourth-order valence-electron chi connectivity index (χ4n) is 2.93. The maximum absolute atomic E-state index is 12.6. The number of anilines is 1. The van der Waals surface area contributed by atoms with Crippen LogP contribution in [0.1, 0.15) is 49.4 Å². The van der Waals surface area contributed by atoms with E-state index in [1.165, 1.54) is 7.11 Å². The zero-order chi connectivity index (χ0) is 14.6. The molecule has 0 radical (unpaired) electrons. The molecule has 4 nitrogen and oxygen atoms in total. The Morgan fingerprint density at radius 1 is 1.25 bits per heavy atom. The fourth-order valence-corrected chi connectivity index (χ4v) is 2.93. The molecule has 2 rings (SSSR count). The Balaban J connectivity index is 2.22. The summed E-state index contributed by atoms with van der Waals surface area (Å²) in [5.74, 6) is -0.410. The van der Waals surface area contributed by atoms with Crippen LogP contribution in [-0.4, -0.2) is 19.0 Å². The second-order valence-corrected chi connectivity index (χ2v) is 5.33. The molecule has 20 heavy (non-hydrogen) atoms. The summed E-state index contributed by atoms with van der Waals surface area (Å²) in [6, 6.07) is 6.96. The van der Waals surface area contributed by atoms with Gasteiger partial charge in [0.15, 0.2) is 0 Å². The molecular weight excluding hydrogens is 254 g/mol. The number of benzene rings is 1. The molecule has 4 heteroatoms. The van der Waals surface area contributed by atoms with Crippen molar-refractivity contribution in [1.82, 2.24) is 0 Å². The highest BCUT2D eigenvalue weighted by molar-refractivity contribution is 6.02. The Hall–Kier alpha value is -1.84. The van der Waals surface area contributed by atoms with Crippen LogP contribution in [0.3, 0.4) is 0 Å². The molecule has 1 fully saturated rings. The van der Waals surface area contributed by atoms with Gasteiger partial charge in [-0.15, -0.1) is 0 Å². The highest BCUT2D eigenvalue weighted by atomic mass is 16.5. The molecule has 0 saturated heterocycles. The zero-order valence-electron chi connectivity index (χ0n) is 12.1. The summed E-state index contributed by atoms with van der Waals surface area (Å²) in [7, 11) is 1.34. The molecule has 1 aromatic rings. The fraction of sp³-hybridized carbons (Fsp3) is 0.500. The first kappa shape index (κ1) is 14.6. The summed E-state index contributed by atoms with van der Waals surface area (Å²) in [6.45, 7) is 2.05. The molecule has 1 aliphatic rings. The summed E-state index contributed by atoms with van der Waals surface area (Å²) >= 11 is 0. The van der Waals surface area contributed by atoms with Crippen LogP contribution in [0, 0.1) is 5.41 Å². The topological polar surface area (TPSA) is 55.4 Å². The number of nitrogens with one attached hydrogen (secondary N) is 1. The first-order valence-corrected chi connectivity index (χ1v) is 7.12. The van der Waals surface area contributed by atoms with E-state index < -0.39 is 5.97 Å². The summed E-state index contributed by atoms with van der Waals surface area (Å²) < 4.78 is 4.75. The van der Waals surface area contributed by atoms with E-state index in [2.05, 4.69) is 12.2 Å². The van der Waals surface area contributed by atoms with Crippen LogP contribution >= 0.6 is 0 Å². The van der Waals surface area contributed by atoms with E-state index in [0.717, 1.165) is 32.1 Å². The third kappa shape index (κ3) is 2.69. The van der Waals surface area contributed by atoms with E-state index >= 15 is 0 Å². The smallest absolute Gasteiger partial charge is 0.339 e. The standard InChI is InChI=1S/C16H21NO3/c1-3-16(10-6-7-11-16)15(19)17-13-9-5-4-8-12(13)14(18)20-2/h4-5,8-9H,3,6-7,10-11H2,1-2H3,(H,17,19). The summed E-state index contributed by atoms with van der Waals surface area (Å²) in [6.07, 6.45) is 4.88. The lowest BCUT2D eigenvalue weighted by molar-refractivity contribution is -0.125. The van der Waals surface area contributed by atoms with Gasteiger partial charge < -0.3 is 10.1 Å². The SMILES string of the molecule is CCC1(C(=O)Nc2ccccc2C(=O)OC)CCCC1. The Labute approximate surface area is 119 Å². The van der Waals surface area contributed by atoms with Gasteiger partial charge in [-0.2, -0.15) is 0 Å². The normalized spacial score (nSPS) is 16.7. The number of amides is 1. The number of rotatable bonds is 4. The molecule has 1 aliphatic carbocycles. The summed E-state index contributed by atoms with van der Waals surface area (Å²) in [5, 5.41) is 2.92. The van der Waals surface area contributed by atoms with Crippen LogP contribution in [-0.2, 0) is 9.53 Å². The van der Waals surface area contributed by atoms with Crippen LogP contribution < -0.4 is 5.32 Å². The van der Waals surface area contributed by atoms with Gasteiger partial charge in [0.2, 0.25) is 5.91 Å². The number of carbonyl (C=O) groups is 2. The Kier molecular flexibility index (Phi) is 4.42. The maximum Gasteiger partial charge on any atom is 0.339 e. The van der Waals surface area contributed by atoms with E-state index in [0.29, 0.717) is 11.3 Å². The minimum atomic E-state index is -0.433. The molecule has 0 aliphatic heterocycles. The van der Waals surface area contributed by atoms with Crippen LogP contribution in [0.25, 0.3) is 0 Å². The number of methoxy groups -OCH3 is 1. The third-order valence-corrected chi connectivity index (χ3v) is 4.30. The lowest BCUT2D eigenvalue weighted by atomic mass is 9.82. The van der Waals surface area contributed by atoms with Gasteiger partial charge in [0.1, 0.15) is 0 Å². The predicted molar refractivity (Wildman–Crippen MR) is 77.6 cm³/mol. The van der Waals surface area contributed by atoms with Crippen molar-refractivity contribution in [1.29, 1.82) is 0 Å². The van der Waals surface area contributed by atoms with Crippen molar-refractivity contribution in [3.8, 4) is 0 Å². The van der Waals surface area contributed by atoms with Crippen LogP contribution in [0.5, 0.6) is 0 Å². The van der Waals surface area contributed by atoms with Crippen molar-refractivity contribution in [2.45, 2.75) is 39.0 Å².